The standard InChI is InChI=1S/C13H24N6O/c1-3-13(4-2,9-20)18-11-15-10(14)16-12(17-11)19-7-5-6-8-19/h20H,3-9H2,1-2H3,(H3,14,15,16,17,18). The highest BCUT2D eigenvalue weighted by atomic mass is 16.3. The van der Waals surface area contributed by atoms with Crippen LogP contribution in [0.1, 0.15) is 39.5 Å². The maximum atomic E-state index is 9.61. The molecule has 1 fully saturated rings. The summed E-state index contributed by atoms with van der Waals surface area (Å²) in [6.45, 7) is 5.99. The molecule has 2 heterocycles. The van der Waals surface area contributed by atoms with Gasteiger partial charge in [-0.25, -0.2) is 0 Å². The van der Waals surface area contributed by atoms with Crippen molar-refractivity contribution in [3.8, 4) is 0 Å². The summed E-state index contributed by atoms with van der Waals surface area (Å²) in [7, 11) is 0. The van der Waals surface area contributed by atoms with E-state index in [1.165, 1.54) is 0 Å². The molecule has 0 amide bonds. The smallest absolute Gasteiger partial charge is 0.231 e. The highest BCUT2D eigenvalue weighted by Crippen LogP contribution is 2.22. The van der Waals surface area contributed by atoms with Crippen LogP contribution in [-0.4, -0.2) is 45.3 Å². The lowest BCUT2D eigenvalue weighted by Crippen LogP contribution is -2.41. The summed E-state index contributed by atoms with van der Waals surface area (Å²) < 4.78 is 0. The van der Waals surface area contributed by atoms with Crippen LogP contribution in [0, 0.1) is 0 Å². The highest BCUT2D eigenvalue weighted by molar-refractivity contribution is 5.43. The van der Waals surface area contributed by atoms with Gasteiger partial charge in [0.2, 0.25) is 17.8 Å². The zero-order valence-electron chi connectivity index (χ0n) is 12.3. The molecule has 0 atom stereocenters. The number of rotatable bonds is 6. The maximum absolute atomic E-state index is 9.61. The number of nitrogen functional groups attached to an aromatic ring is 1. The van der Waals surface area contributed by atoms with E-state index < -0.39 is 5.54 Å². The summed E-state index contributed by atoms with van der Waals surface area (Å²) in [5.74, 6) is 1.28. The van der Waals surface area contributed by atoms with Crippen molar-refractivity contribution in [2.24, 2.45) is 0 Å². The van der Waals surface area contributed by atoms with Crippen LogP contribution in [0.15, 0.2) is 0 Å². The molecule has 0 saturated carbocycles. The van der Waals surface area contributed by atoms with E-state index in [1.807, 2.05) is 13.8 Å². The Morgan fingerprint density at radius 1 is 1.20 bits per heavy atom. The third kappa shape index (κ3) is 3.09. The topological polar surface area (TPSA) is 100 Å². The van der Waals surface area contributed by atoms with Crippen LogP contribution in [0.3, 0.4) is 0 Å². The normalized spacial score (nSPS) is 15.7. The second-order valence-electron chi connectivity index (χ2n) is 5.28. The summed E-state index contributed by atoms with van der Waals surface area (Å²) in [5, 5.41) is 12.8. The van der Waals surface area contributed by atoms with Gasteiger partial charge in [-0.15, -0.1) is 0 Å². The molecule has 1 aromatic heterocycles. The highest BCUT2D eigenvalue weighted by Gasteiger charge is 2.27. The molecular formula is C13H24N6O. The van der Waals surface area contributed by atoms with Crippen molar-refractivity contribution >= 4 is 17.8 Å². The van der Waals surface area contributed by atoms with Gasteiger partial charge in [0.1, 0.15) is 0 Å². The number of anilines is 3. The molecule has 7 heteroatoms. The fourth-order valence-electron chi connectivity index (χ4n) is 2.42. The number of aliphatic hydroxyl groups is 1. The minimum Gasteiger partial charge on any atom is -0.394 e. The van der Waals surface area contributed by atoms with Gasteiger partial charge >= 0.3 is 0 Å². The van der Waals surface area contributed by atoms with E-state index >= 15 is 0 Å². The number of nitrogens with two attached hydrogens (primary N) is 1. The maximum Gasteiger partial charge on any atom is 0.231 e. The molecule has 7 nitrogen and oxygen atoms in total. The zero-order chi connectivity index (χ0) is 14.6. The molecule has 4 N–H and O–H groups in total. The number of nitrogens with one attached hydrogen (secondary N) is 1. The molecule has 0 radical (unpaired) electrons. The summed E-state index contributed by atoms with van der Waals surface area (Å²) in [6.07, 6.45) is 3.87. The molecule has 1 saturated heterocycles. The van der Waals surface area contributed by atoms with Crippen LogP contribution in [0.2, 0.25) is 0 Å². The second kappa shape index (κ2) is 6.21. The van der Waals surface area contributed by atoms with Crippen molar-refractivity contribution in [2.75, 3.05) is 35.6 Å². The Kier molecular flexibility index (Phi) is 4.59. The first-order chi connectivity index (χ1) is 9.62. The molecule has 0 aliphatic carbocycles. The van der Waals surface area contributed by atoms with Gasteiger partial charge in [0, 0.05) is 13.1 Å². The van der Waals surface area contributed by atoms with Gasteiger partial charge in [-0.3, -0.25) is 0 Å². The quantitative estimate of drug-likeness (QED) is 0.715. The van der Waals surface area contributed by atoms with E-state index in [0.29, 0.717) is 11.9 Å². The Labute approximate surface area is 119 Å². The molecule has 1 aliphatic rings. The largest absolute Gasteiger partial charge is 0.394 e. The Morgan fingerprint density at radius 2 is 1.85 bits per heavy atom. The number of nitrogens with zero attached hydrogens (tertiary/aromatic N) is 4. The first kappa shape index (κ1) is 14.8. The van der Waals surface area contributed by atoms with Gasteiger partial charge in [0.05, 0.1) is 12.1 Å². The number of aromatic nitrogens is 3. The summed E-state index contributed by atoms with van der Waals surface area (Å²) >= 11 is 0. The van der Waals surface area contributed by atoms with E-state index in [4.69, 9.17) is 5.73 Å². The second-order valence-corrected chi connectivity index (χ2v) is 5.28. The van der Waals surface area contributed by atoms with E-state index in [0.717, 1.165) is 38.8 Å². The fraction of sp³-hybridized carbons (Fsp3) is 0.769. The predicted molar refractivity (Wildman–Crippen MR) is 79.7 cm³/mol. The van der Waals surface area contributed by atoms with Crippen LogP contribution in [0.5, 0.6) is 0 Å². The molecule has 20 heavy (non-hydrogen) atoms. The summed E-state index contributed by atoms with van der Waals surface area (Å²) in [6, 6.07) is 0. The SMILES string of the molecule is CCC(CC)(CO)Nc1nc(N)nc(N2CCCC2)n1. The molecule has 0 bridgehead atoms. The minimum absolute atomic E-state index is 0.0324. The molecular weight excluding hydrogens is 256 g/mol. The van der Waals surface area contributed by atoms with E-state index in [-0.39, 0.29) is 12.6 Å². The monoisotopic (exact) mass is 280 g/mol. The van der Waals surface area contributed by atoms with Crippen molar-refractivity contribution in [1.82, 2.24) is 15.0 Å². The lowest BCUT2D eigenvalue weighted by molar-refractivity contribution is 0.201. The van der Waals surface area contributed by atoms with Crippen LogP contribution >= 0.6 is 0 Å². The molecule has 0 aromatic carbocycles. The summed E-state index contributed by atoms with van der Waals surface area (Å²) in [4.78, 5) is 14.9. The van der Waals surface area contributed by atoms with Crippen molar-refractivity contribution in [3.63, 3.8) is 0 Å². The molecule has 1 aliphatic heterocycles. The van der Waals surface area contributed by atoms with Crippen molar-refractivity contribution in [2.45, 2.75) is 45.1 Å². The Morgan fingerprint density at radius 3 is 2.40 bits per heavy atom. The fourth-order valence-corrected chi connectivity index (χ4v) is 2.42. The van der Waals surface area contributed by atoms with Gasteiger partial charge in [0.25, 0.3) is 0 Å². The Bertz CT molecular complexity index is 434. The van der Waals surface area contributed by atoms with Gasteiger partial charge in [-0.2, -0.15) is 15.0 Å². The lowest BCUT2D eigenvalue weighted by Gasteiger charge is -2.31. The molecule has 0 spiro atoms. The van der Waals surface area contributed by atoms with Crippen LogP contribution in [0.25, 0.3) is 0 Å². The molecule has 0 unspecified atom stereocenters. The average Bonchev–Trinajstić information content (AvgIpc) is 2.98. The third-order valence-corrected chi connectivity index (χ3v) is 4.06. The first-order valence-electron chi connectivity index (χ1n) is 7.28. The van der Waals surface area contributed by atoms with Crippen molar-refractivity contribution in [3.05, 3.63) is 0 Å². The van der Waals surface area contributed by atoms with Gasteiger partial charge in [-0.1, -0.05) is 13.8 Å². The van der Waals surface area contributed by atoms with Crippen LogP contribution < -0.4 is 16.0 Å². The van der Waals surface area contributed by atoms with E-state index in [9.17, 15) is 5.11 Å². The van der Waals surface area contributed by atoms with Crippen LogP contribution in [0.4, 0.5) is 17.8 Å². The van der Waals surface area contributed by atoms with Crippen LogP contribution in [-0.2, 0) is 0 Å². The third-order valence-electron chi connectivity index (χ3n) is 4.06. The first-order valence-corrected chi connectivity index (χ1v) is 7.28. The van der Waals surface area contributed by atoms with E-state index in [2.05, 4.69) is 25.2 Å². The van der Waals surface area contributed by atoms with Crippen molar-refractivity contribution in [1.29, 1.82) is 0 Å². The lowest BCUT2D eigenvalue weighted by atomic mass is 9.94. The Hall–Kier alpha value is -1.63. The summed E-state index contributed by atoms with van der Waals surface area (Å²) in [5.41, 5.74) is 5.37. The molecule has 112 valence electrons. The predicted octanol–water partition coefficient (Wildman–Crippen LogP) is 1.02. The average molecular weight is 280 g/mol. The molecule has 2 rings (SSSR count). The minimum atomic E-state index is -0.407. The number of aliphatic hydroxyl groups excluding tert-OH is 1. The Balaban J connectivity index is 2.23. The number of hydrogen-bond acceptors (Lipinski definition) is 7. The van der Waals surface area contributed by atoms with Crippen molar-refractivity contribution < 1.29 is 5.11 Å². The number of hydrogen-bond donors (Lipinski definition) is 3. The van der Waals surface area contributed by atoms with Gasteiger partial charge in [-0.05, 0) is 25.7 Å². The zero-order valence-corrected chi connectivity index (χ0v) is 12.3. The van der Waals surface area contributed by atoms with E-state index in [1.54, 1.807) is 0 Å². The van der Waals surface area contributed by atoms with Gasteiger partial charge in [0.15, 0.2) is 0 Å². The molecule has 1 aromatic rings. The van der Waals surface area contributed by atoms with Gasteiger partial charge < -0.3 is 21.1 Å².